The van der Waals surface area contributed by atoms with E-state index in [1.807, 2.05) is 6.07 Å². The first-order chi connectivity index (χ1) is 9.40. The Morgan fingerprint density at radius 2 is 1.94 bits per heavy atom. The van der Waals surface area contributed by atoms with Gasteiger partial charge in [-0.1, -0.05) is 0 Å². The Labute approximate surface area is 114 Å². The van der Waals surface area contributed by atoms with Gasteiger partial charge in [0.2, 0.25) is 5.75 Å². The van der Waals surface area contributed by atoms with Gasteiger partial charge in [0.1, 0.15) is 5.70 Å². The Morgan fingerprint density at radius 1 is 1.28 bits per heavy atom. The topological polar surface area (TPSA) is 41.5 Å². The van der Waals surface area contributed by atoms with E-state index in [4.69, 9.17) is 12.2 Å². The van der Waals surface area contributed by atoms with Gasteiger partial charge in [0.05, 0.1) is 17.0 Å². The summed E-state index contributed by atoms with van der Waals surface area (Å²) in [6, 6.07) is 1.83. The van der Waals surface area contributed by atoms with Gasteiger partial charge in [0.25, 0.3) is 0 Å². The summed E-state index contributed by atoms with van der Waals surface area (Å²) in [5.74, 6) is 1.01. The first-order valence-electron chi connectivity index (χ1n) is 7.08. The van der Waals surface area contributed by atoms with Crippen LogP contribution in [0.3, 0.4) is 0 Å². The summed E-state index contributed by atoms with van der Waals surface area (Å²) in [5, 5.41) is 0. The van der Waals surface area contributed by atoms with Crippen molar-refractivity contribution in [1.29, 1.82) is 0 Å². The van der Waals surface area contributed by atoms with Crippen LogP contribution in [0.5, 0.6) is 11.5 Å². The molecule has 2 rings (SSSR count). The normalized spacial score (nSPS) is 18.4. The SMILES string of the molecule is [2H][13C]([2H])(C)[S+]([O-])c1cc2c(c(OC)c1OC)CCCC2. The first-order valence-corrected chi connectivity index (χ1v) is 7.23. The molecule has 3 nitrogen and oxygen atoms in total. The molecule has 1 atom stereocenters. The van der Waals surface area contributed by atoms with Crippen LogP contribution in [0.4, 0.5) is 0 Å². The lowest BCUT2D eigenvalue weighted by atomic mass is 9.90. The van der Waals surface area contributed by atoms with Crippen molar-refractivity contribution in [3.05, 3.63) is 17.2 Å². The van der Waals surface area contributed by atoms with Crippen molar-refractivity contribution < 1.29 is 16.8 Å². The highest BCUT2D eigenvalue weighted by Gasteiger charge is 2.26. The van der Waals surface area contributed by atoms with Crippen molar-refractivity contribution in [2.75, 3.05) is 19.9 Å². The molecule has 100 valence electrons. The Balaban J connectivity index is 2.62. The zero-order valence-electron chi connectivity index (χ0n) is 13.0. The Hall–Kier alpha value is -0.870. The number of ether oxygens (including phenoxy) is 2. The van der Waals surface area contributed by atoms with E-state index in [-0.39, 0.29) is 0 Å². The van der Waals surface area contributed by atoms with Crippen molar-refractivity contribution in [1.82, 2.24) is 0 Å². The smallest absolute Gasteiger partial charge is 0.216 e. The van der Waals surface area contributed by atoms with Gasteiger partial charge in [-0.15, -0.1) is 0 Å². The Bertz CT molecular complexity index is 500. The van der Waals surface area contributed by atoms with E-state index in [2.05, 4.69) is 0 Å². The van der Waals surface area contributed by atoms with Crippen LogP contribution in [-0.2, 0) is 24.0 Å². The molecule has 0 saturated carbocycles. The second kappa shape index (κ2) is 5.85. The van der Waals surface area contributed by atoms with E-state index >= 15 is 0 Å². The molecule has 0 fully saturated rings. The highest BCUT2D eigenvalue weighted by atomic mass is 32.2. The molecular weight excluding hydrogens is 249 g/mol. The van der Waals surface area contributed by atoms with Gasteiger partial charge in [-0.05, 0) is 49.3 Å². The van der Waals surface area contributed by atoms with E-state index in [0.717, 1.165) is 36.8 Å². The maximum atomic E-state index is 12.4. The molecule has 0 N–H and O–H groups in total. The molecule has 1 unspecified atom stereocenters. The summed E-state index contributed by atoms with van der Waals surface area (Å²) in [6.45, 7) is 1.31. The minimum absolute atomic E-state index is 0.387. The maximum absolute atomic E-state index is 12.4. The summed E-state index contributed by atoms with van der Waals surface area (Å²) < 4.78 is 38.6. The number of rotatable bonds is 4. The minimum atomic E-state index is -1.82. The zero-order chi connectivity index (χ0) is 14.9. The average Bonchev–Trinajstić information content (AvgIpc) is 2.43. The van der Waals surface area contributed by atoms with E-state index in [9.17, 15) is 4.55 Å². The van der Waals surface area contributed by atoms with Gasteiger partial charge >= 0.3 is 0 Å². The van der Waals surface area contributed by atoms with Crippen molar-refractivity contribution in [2.24, 2.45) is 0 Å². The van der Waals surface area contributed by atoms with Gasteiger partial charge < -0.3 is 14.0 Å². The third-order valence-electron chi connectivity index (χ3n) is 3.31. The summed E-state index contributed by atoms with van der Waals surface area (Å²) in [5.41, 5.74) is 0.385. The molecular formula is C14H20O3S. The zero-order valence-corrected chi connectivity index (χ0v) is 11.9. The predicted molar refractivity (Wildman–Crippen MR) is 73.1 cm³/mol. The lowest BCUT2D eigenvalue weighted by molar-refractivity contribution is 0.341. The number of methoxy groups -OCH3 is 2. The minimum Gasteiger partial charge on any atom is -0.611 e. The molecule has 0 radical (unpaired) electrons. The fourth-order valence-corrected chi connectivity index (χ4v) is 3.29. The molecule has 0 amide bonds. The highest BCUT2D eigenvalue weighted by molar-refractivity contribution is 7.91. The lowest BCUT2D eigenvalue weighted by Crippen LogP contribution is -2.12. The van der Waals surface area contributed by atoms with E-state index in [1.165, 1.54) is 14.0 Å². The van der Waals surface area contributed by atoms with Gasteiger partial charge in [-0.25, -0.2) is 0 Å². The second-order valence-corrected chi connectivity index (χ2v) is 5.64. The highest BCUT2D eigenvalue weighted by Crippen LogP contribution is 2.42. The van der Waals surface area contributed by atoms with Gasteiger partial charge in [0, 0.05) is 11.6 Å². The fourth-order valence-electron chi connectivity index (χ4n) is 2.48. The Morgan fingerprint density at radius 3 is 2.56 bits per heavy atom. The van der Waals surface area contributed by atoms with E-state index in [0.29, 0.717) is 16.4 Å². The van der Waals surface area contributed by atoms with Crippen molar-refractivity contribution in [3.8, 4) is 11.5 Å². The van der Waals surface area contributed by atoms with Crippen molar-refractivity contribution in [3.63, 3.8) is 0 Å². The molecule has 1 aromatic rings. The standard InChI is InChI=1S/C14H20O3S/c1-4-18(15)12-9-10-7-5-6-8-11(10)13(16-2)14(12)17-3/h9H,4-8H2,1-3H3/i4+1D2. The van der Waals surface area contributed by atoms with E-state index < -0.39 is 16.9 Å². The molecule has 18 heavy (non-hydrogen) atoms. The van der Waals surface area contributed by atoms with Crippen LogP contribution in [0.25, 0.3) is 0 Å². The summed E-state index contributed by atoms with van der Waals surface area (Å²) in [7, 11) is 3.07. The maximum Gasteiger partial charge on any atom is 0.216 e. The summed E-state index contributed by atoms with van der Waals surface area (Å²) in [4.78, 5) is 0.387. The molecule has 0 spiro atoms. The third-order valence-corrected chi connectivity index (χ3v) is 4.39. The fraction of sp³-hybridized carbons (Fsp3) is 0.571. The Kier molecular flexibility index (Phi) is 3.57. The quantitative estimate of drug-likeness (QED) is 0.624. The molecule has 0 aromatic heterocycles. The molecule has 4 heteroatoms. The number of fused-ring (bicyclic) bond motifs is 1. The van der Waals surface area contributed by atoms with Crippen LogP contribution in [0.15, 0.2) is 11.0 Å². The van der Waals surface area contributed by atoms with Crippen molar-refractivity contribution in [2.45, 2.75) is 37.5 Å². The van der Waals surface area contributed by atoms with Crippen LogP contribution in [-0.4, -0.2) is 24.5 Å². The summed E-state index contributed by atoms with van der Waals surface area (Å²) >= 11 is -1.79. The molecule has 1 aliphatic rings. The second-order valence-electron chi connectivity index (χ2n) is 4.26. The number of aryl methyl sites for hydroxylation is 1. The largest absolute Gasteiger partial charge is 0.611 e. The number of hydrogen-bond acceptors (Lipinski definition) is 3. The predicted octanol–water partition coefficient (Wildman–Crippen LogP) is 2.71. The molecule has 0 bridgehead atoms. The average molecular weight is 271 g/mol. The summed E-state index contributed by atoms with van der Waals surface area (Å²) in [6.07, 6.45) is 4.02. The number of hydrogen-bond donors (Lipinski definition) is 0. The first kappa shape index (κ1) is 11.0. The van der Waals surface area contributed by atoms with Gasteiger partial charge in [0.15, 0.2) is 10.6 Å². The van der Waals surface area contributed by atoms with Crippen LogP contribution >= 0.6 is 0 Å². The monoisotopic (exact) mass is 271 g/mol. The van der Waals surface area contributed by atoms with Gasteiger partial charge in [-0.2, -0.15) is 0 Å². The van der Waals surface area contributed by atoms with Crippen LogP contribution in [0.2, 0.25) is 0 Å². The van der Waals surface area contributed by atoms with Crippen LogP contribution < -0.4 is 9.47 Å². The van der Waals surface area contributed by atoms with Crippen molar-refractivity contribution >= 4 is 11.2 Å². The van der Waals surface area contributed by atoms with Crippen LogP contribution in [0, 0.1) is 0 Å². The number of benzene rings is 1. The molecule has 0 heterocycles. The molecule has 0 saturated heterocycles. The molecule has 1 aromatic carbocycles. The van der Waals surface area contributed by atoms with Gasteiger partial charge in [-0.3, -0.25) is 0 Å². The van der Waals surface area contributed by atoms with E-state index in [1.54, 1.807) is 7.11 Å². The van der Waals surface area contributed by atoms with Crippen LogP contribution in [0.1, 0.15) is 33.6 Å². The third kappa shape index (κ3) is 2.31. The lowest BCUT2D eigenvalue weighted by Gasteiger charge is -2.23. The molecule has 1 aliphatic carbocycles. The molecule has 0 aliphatic heterocycles.